The Morgan fingerprint density at radius 3 is 2.61 bits per heavy atom. The summed E-state index contributed by atoms with van der Waals surface area (Å²) in [5, 5.41) is 5.95. The van der Waals surface area contributed by atoms with Crippen LogP contribution >= 0.6 is 11.6 Å². The Hall–Kier alpha value is -3.71. The molecule has 3 heterocycles. The van der Waals surface area contributed by atoms with Crippen molar-refractivity contribution in [3.05, 3.63) is 78.7 Å². The molecule has 0 N–H and O–H groups in total. The van der Waals surface area contributed by atoms with Gasteiger partial charge >= 0.3 is 0 Å². The fraction of sp³-hybridized carbons (Fsp3) is 0.200. The van der Waals surface area contributed by atoms with Crippen molar-refractivity contribution < 1.29 is 9.53 Å². The van der Waals surface area contributed by atoms with Gasteiger partial charge in [0.1, 0.15) is 28.7 Å². The van der Waals surface area contributed by atoms with Crippen LogP contribution in [0, 0.1) is 0 Å². The highest BCUT2D eigenvalue weighted by molar-refractivity contribution is 6.35. The zero-order valence-corrected chi connectivity index (χ0v) is 18.7. The monoisotopic (exact) mass is 459 g/mol. The van der Waals surface area contributed by atoms with Gasteiger partial charge in [-0.3, -0.25) is 4.79 Å². The van der Waals surface area contributed by atoms with Crippen LogP contribution in [0.4, 0.5) is 0 Å². The largest absolute Gasteiger partial charge is 0.457 e. The van der Waals surface area contributed by atoms with E-state index in [0.717, 1.165) is 29.9 Å². The Morgan fingerprint density at radius 1 is 1.09 bits per heavy atom. The average molecular weight is 460 g/mol. The molecule has 0 saturated carbocycles. The molecule has 0 bridgehead atoms. The van der Waals surface area contributed by atoms with Crippen LogP contribution < -0.4 is 4.74 Å². The summed E-state index contributed by atoms with van der Waals surface area (Å²) in [6.07, 6.45) is 4.57. The van der Waals surface area contributed by atoms with E-state index >= 15 is 0 Å². The van der Waals surface area contributed by atoms with E-state index in [9.17, 15) is 4.79 Å². The second-order valence-electron chi connectivity index (χ2n) is 7.88. The SMILES string of the molecule is C=CC(=O)N1CCCC(n2nc(-c3ccc(Oc4ccccc4)cc3)c3c(Cl)ncnc32)C1. The molecule has 7 nitrogen and oxygen atoms in total. The fourth-order valence-corrected chi connectivity index (χ4v) is 4.40. The molecule has 1 aliphatic rings. The Bertz CT molecular complexity index is 1300. The molecule has 8 heteroatoms. The predicted molar refractivity (Wildman–Crippen MR) is 127 cm³/mol. The van der Waals surface area contributed by atoms with Crippen molar-refractivity contribution in [3.63, 3.8) is 0 Å². The maximum atomic E-state index is 12.2. The molecule has 33 heavy (non-hydrogen) atoms. The number of aromatic nitrogens is 4. The number of benzene rings is 2. The molecule has 0 radical (unpaired) electrons. The van der Waals surface area contributed by atoms with Crippen molar-refractivity contribution in [1.29, 1.82) is 0 Å². The van der Waals surface area contributed by atoms with Crippen LogP contribution in [0.1, 0.15) is 18.9 Å². The van der Waals surface area contributed by atoms with Gasteiger partial charge < -0.3 is 9.64 Å². The summed E-state index contributed by atoms with van der Waals surface area (Å²) >= 11 is 6.50. The van der Waals surface area contributed by atoms with Gasteiger partial charge in [0, 0.05) is 18.7 Å². The minimum absolute atomic E-state index is 0.00875. The Labute approximate surface area is 196 Å². The lowest BCUT2D eigenvalue weighted by Crippen LogP contribution is -2.40. The maximum Gasteiger partial charge on any atom is 0.246 e. The van der Waals surface area contributed by atoms with E-state index in [-0.39, 0.29) is 11.9 Å². The third kappa shape index (κ3) is 4.19. The summed E-state index contributed by atoms with van der Waals surface area (Å²) in [7, 11) is 0. The molecule has 166 valence electrons. The van der Waals surface area contributed by atoms with E-state index in [2.05, 4.69) is 16.5 Å². The molecule has 2 aromatic carbocycles. The first kappa shape index (κ1) is 21.2. The van der Waals surface area contributed by atoms with Gasteiger partial charge in [0.05, 0.1) is 11.4 Å². The maximum absolute atomic E-state index is 12.2. The molecule has 5 rings (SSSR count). The normalized spacial score (nSPS) is 16.0. The predicted octanol–water partition coefficient (Wildman–Crippen LogP) is 5.29. The smallest absolute Gasteiger partial charge is 0.246 e. The molecule has 1 amide bonds. The van der Waals surface area contributed by atoms with E-state index in [1.165, 1.54) is 12.4 Å². The van der Waals surface area contributed by atoms with Crippen LogP contribution in [0.3, 0.4) is 0 Å². The van der Waals surface area contributed by atoms with Crippen molar-refractivity contribution >= 4 is 28.5 Å². The number of amides is 1. The molecule has 1 saturated heterocycles. The highest BCUT2D eigenvalue weighted by Gasteiger charge is 2.28. The van der Waals surface area contributed by atoms with Crippen molar-refractivity contribution in [2.24, 2.45) is 0 Å². The Morgan fingerprint density at radius 2 is 1.85 bits per heavy atom. The van der Waals surface area contributed by atoms with Gasteiger partial charge in [-0.25, -0.2) is 14.6 Å². The lowest BCUT2D eigenvalue weighted by atomic mass is 10.1. The van der Waals surface area contributed by atoms with Crippen LogP contribution in [0.5, 0.6) is 11.5 Å². The van der Waals surface area contributed by atoms with Gasteiger partial charge in [-0.05, 0) is 55.3 Å². The Balaban J connectivity index is 1.50. The van der Waals surface area contributed by atoms with Gasteiger partial charge in [-0.1, -0.05) is 36.4 Å². The number of piperidine rings is 1. The number of carbonyl (C=O) groups excluding carboxylic acids is 1. The molecule has 1 fully saturated rings. The standard InChI is InChI=1S/C25H22ClN5O2/c1-2-21(32)30-14-6-7-18(15-30)31-25-22(24(26)27-16-28-25)23(29-31)17-10-12-20(13-11-17)33-19-8-4-3-5-9-19/h2-5,8-13,16,18H,1,6-7,14-15H2. The molecule has 4 aromatic rings. The van der Waals surface area contributed by atoms with Crippen molar-refractivity contribution in [2.75, 3.05) is 13.1 Å². The zero-order valence-electron chi connectivity index (χ0n) is 17.9. The summed E-state index contributed by atoms with van der Waals surface area (Å²) in [6, 6.07) is 17.3. The topological polar surface area (TPSA) is 73.1 Å². The molecule has 1 unspecified atom stereocenters. The van der Waals surface area contributed by atoms with Crippen LogP contribution in [0.15, 0.2) is 73.6 Å². The number of ether oxygens (including phenoxy) is 1. The number of hydrogen-bond donors (Lipinski definition) is 0. The molecule has 0 spiro atoms. The number of para-hydroxylation sites is 1. The average Bonchev–Trinajstić information content (AvgIpc) is 3.26. The second kappa shape index (κ2) is 9.03. The highest BCUT2D eigenvalue weighted by atomic mass is 35.5. The first-order valence-corrected chi connectivity index (χ1v) is 11.1. The van der Waals surface area contributed by atoms with E-state index in [1.54, 1.807) is 4.90 Å². The first-order chi connectivity index (χ1) is 16.1. The Kier molecular flexibility index (Phi) is 5.79. The highest BCUT2D eigenvalue weighted by Crippen LogP contribution is 2.35. The third-order valence-electron chi connectivity index (χ3n) is 5.78. The van der Waals surface area contributed by atoms with Gasteiger partial charge in [0.25, 0.3) is 0 Å². The lowest BCUT2D eigenvalue weighted by Gasteiger charge is -2.32. The number of carbonyl (C=O) groups is 1. The number of nitrogens with zero attached hydrogens (tertiary/aromatic N) is 5. The minimum Gasteiger partial charge on any atom is -0.457 e. The second-order valence-corrected chi connectivity index (χ2v) is 8.24. The summed E-state index contributed by atoms with van der Waals surface area (Å²) in [6.45, 7) is 4.87. The van der Waals surface area contributed by atoms with Crippen LogP contribution in [0.2, 0.25) is 5.15 Å². The van der Waals surface area contributed by atoms with Gasteiger partial charge in [0.2, 0.25) is 5.91 Å². The fourth-order valence-electron chi connectivity index (χ4n) is 4.18. The minimum atomic E-state index is -0.0713. The van der Waals surface area contributed by atoms with Gasteiger partial charge in [-0.2, -0.15) is 5.10 Å². The molecular formula is C25H22ClN5O2. The quantitative estimate of drug-likeness (QED) is 0.299. The number of likely N-dealkylation sites (tertiary alicyclic amines) is 1. The van der Waals surface area contributed by atoms with Crippen molar-refractivity contribution in [1.82, 2.24) is 24.6 Å². The molecule has 1 aliphatic heterocycles. The third-order valence-corrected chi connectivity index (χ3v) is 6.06. The molecule has 2 aromatic heterocycles. The van der Waals surface area contributed by atoms with E-state index in [4.69, 9.17) is 21.4 Å². The van der Waals surface area contributed by atoms with Crippen LogP contribution in [-0.2, 0) is 4.79 Å². The lowest BCUT2D eigenvalue weighted by molar-refractivity contribution is -0.127. The van der Waals surface area contributed by atoms with Gasteiger partial charge in [0.15, 0.2) is 5.65 Å². The van der Waals surface area contributed by atoms with Crippen LogP contribution in [0.25, 0.3) is 22.3 Å². The van der Waals surface area contributed by atoms with Crippen molar-refractivity contribution in [3.8, 4) is 22.8 Å². The molecule has 1 atom stereocenters. The summed E-state index contributed by atoms with van der Waals surface area (Å²) in [5.74, 6) is 1.42. The molecular weight excluding hydrogens is 438 g/mol. The van der Waals surface area contributed by atoms with Crippen molar-refractivity contribution in [2.45, 2.75) is 18.9 Å². The van der Waals surface area contributed by atoms with Gasteiger partial charge in [-0.15, -0.1) is 0 Å². The first-order valence-electron chi connectivity index (χ1n) is 10.8. The number of rotatable bonds is 5. The summed E-state index contributed by atoms with van der Waals surface area (Å²) < 4.78 is 7.79. The van der Waals surface area contributed by atoms with E-state index < -0.39 is 0 Å². The zero-order chi connectivity index (χ0) is 22.8. The van der Waals surface area contributed by atoms with Crippen LogP contribution in [-0.4, -0.2) is 43.6 Å². The number of fused-ring (bicyclic) bond motifs is 1. The molecule has 0 aliphatic carbocycles. The summed E-state index contributed by atoms with van der Waals surface area (Å²) in [5.41, 5.74) is 2.24. The number of halogens is 1. The van der Waals surface area contributed by atoms with E-state index in [0.29, 0.717) is 35.0 Å². The summed E-state index contributed by atoms with van der Waals surface area (Å²) in [4.78, 5) is 22.6. The number of hydrogen-bond acceptors (Lipinski definition) is 5. The van der Waals surface area contributed by atoms with E-state index in [1.807, 2.05) is 59.3 Å².